The van der Waals surface area contributed by atoms with Gasteiger partial charge in [-0.25, -0.2) is 0 Å². The predicted molar refractivity (Wildman–Crippen MR) is 66.0 cm³/mol. The van der Waals surface area contributed by atoms with Gasteiger partial charge in [0.2, 0.25) is 5.91 Å². The molecule has 0 unspecified atom stereocenters. The number of likely N-dealkylation sites (tertiary alicyclic amines) is 1. The third-order valence-electron chi connectivity index (χ3n) is 3.56. The van der Waals surface area contributed by atoms with E-state index in [1.807, 2.05) is 13.8 Å². The van der Waals surface area contributed by atoms with Crippen LogP contribution in [0.1, 0.15) is 34.7 Å². The summed E-state index contributed by atoms with van der Waals surface area (Å²) in [6, 6.07) is 1.76. The number of furan rings is 1. The molecule has 2 N–H and O–H groups in total. The van der Waals surface area contributed by atoms with Gasteiger partial charge in [0.1, 0.15) is 5.76 Å². The highest BCUT2D eigenvalue weighted by atomic mass is 16.4. The van der Waals surface area contributed by atoms with E-state index in [0.717, 1.165) is 11.3 Å². The molecule has 1 aliphatic heterocycles. The topological polar surface area (TPSA) is 76.5 Å². The van der Waals surface area contributed by atoms with Crippen molar-refractivity contribution in [1.29, 1.82) is 0 Å². The number of hydrogen-bond acceptors (Lipinski definition) is 3. The van der Waals surface area contributed by atoms with Crippen molar-refractivity contribution < 1.29 is 14.0 Å². The molecule has 5 nitrogen and oxygen atoms in total. The van der Waals surface area contributed by atoms with E-state index >= 15 is 0 Å². The molecule has 0 bridgehead atoms. The van der Waals surface area contributed by atoms with Crippen LogP contribution >= 0.6 is 0 Å². The molecule has 1 aromatic heterocycles. The molecular weight excluding hydrogens is 232 g/mol. The van der Waals surface area contributed by atoms with Gasteiger partial charge < -0.3 is 15.1 Å². The van der Waals surface area contributed by atoms with Crippen LogP contribution in [0.2, 0.25) is 0 Å². The molecule has 1 aromatic rings. The van der Waals surface area contributed by atoms with Crippen LogP contribution in [0.5, 0.6) is 0 Å². The summed E-state index contributed by atoms with van der Waals surface area (Å²) in [5, 5.41) is 0. The summed E-state index contributed by atoms with van der Waals surface area (Å²) in [4.78, 5) is 24.9. The second-order valence-corrected chi connectivity index (χ2v) is 4.82. The first-order valence-corrected chi connectivity index (χ1v) is 6.14. The first-order valence-electron chi connectivity index (χ1n) is 6.14. The summed E-state index contributed by atoms with van der Waals surface area (Å²) in [7, 11) is 0. The van der Waals surface area contributed by atoms with E-state index in [-0.39, 0.29) is 17.7 Å². The number of nitrogens with zero attached hydrogens (tertiary/aromatic N) is 1. The lowest BCUT2D eigenvalue weighted by atomic mass is 9.96. The average Bonchev–Trinajstić information content (AvgIpc) is 2.69. The van der Waals surface area contributed by atoms with Gasteiger partial charge in [-0.2, -0.15) is 0 Å². The quantitative estimate of drug-likeness (QED) is 0.857. The summed E-state index contributed by atoms with van der Waals surface area (Å²) >= 11 is 0. The highest BCUT2D eigenvalue weighted by Crippen LogP contribution is 2.20. The van der Waals surface area contributed by atoms with Crippen molar-refractivity contribution in [1.82, 2.24) is 4.90 Å². The van der Waals surface area contributed by atoms with E-state index < -0.39 is 0 Å². The minimum atomic E-state index is -0.271. The molecule has 1 saturated heterocycles. The van der Waals surface area contributed by atoms with Crippen molar-refractivity contribution in [2.75, 3.05) is 13.1 Å². The number of carbonyl (C=O) groups excluding carboxylic acids is 2. The minimum absolute atomic E-state index is 0.103. The van der Waals surface area contributed by atoms with Crippen LogP contribution in [0.4, 0.5) is 0 Å². The van der Waals surface area contributed by atoms with Gasteiger partial charge in [-0.15, -0.1) is 0 Å². The molecule has 0 atom stereocenters. The Bertz CT molecular complexity index is 451. The smallest absolute Gasteiger partial charge is 0.289 e. The maximum Gasteiger partial charge on any atom is 0.289 e. The number of amides is 2. The normalized spacial score (nSPS) is 16.9. The highest BCUT2D eigenvalue weighted by molar-refractivity contribution is 5.92. The van der Waals surface area contributed by atoms with Crippen molar-refractivity contribution >= 4 is 11.8 Å². The van der Waals surface area contributed by atoms with E-state index in [1.165, 1.54) is 0 Å². The second-order valence-electron chi connectivity index (χ2n) is 4.82. The Morgan fingerprint density at radius 1 is 1.33 bits per heavy atom. The summed E-state index contributed by atoms with van der Waals surface area (Å²) in [6.45, 7) is 4.87. The van der Waals surface area contributed by atoms with Crippen LogP contribution < -0.4 is 5.73 Å². The van der Waals surface area contributed by atoms with Crippen molar-refractivity contribution in [3.8, 4) is 0 Å². The molecule has 5 heteroatoms. The standard InChI is InChI=1S/C13H18N2O3/c1-8-7-11(18-9(8)2)13(17)15-5-3-10(4-6-15)12(14)16/h7,10H,3-6H2,1-2H3,(H2,14,16). The van der Waals surface area contributed by atoms with Gasteiger partial charge in [0.25, 0.3) is 5.91 Å². The van der Waals surface area contributed by atoms with Crippen LogP contribution in [0, 0.1) is 19.8 Å². The fraction of sp³-hybridized carbons (Fsp3) is 0.538. The van der Waals surface area contributed by atoms with Crippen molar-refractivity contribution in [3.05, 3.63) is 23.2 Å². The Balaban J connectivity index is 2.01. The number of piperidine rings is 1. The molecule has 2 heterocycles. The molecular formula is C13H18N2O3. The molecule has 0 radical (unpaired) electrons. The first kappa shape index (κ1) is 12.7. The zero-order valence-electron chi connectivity index (χ0n) is 10.7. The number of rotatable bonds is 2. The van der Waals surface area contributed by atoms with Gasteiger partial charge in [0.05, 0.1) is 0 Å². The lowest BCUT2D eigenvalue weighted by molar-refractivity contribution is -0.123. The zero-order valence-corrected chi connectivity index (χ0v) is 10.7. The monoisotopic (exact) mass is 250 g/mol. The van der Waals surface area contributed by atoms with Crippen LogP contribution in [-0.4, -0.2) is 29.8 Å². The number of carbonyl (C=O) groups is 2. The summed E-state index contributed by atoms with van der Waals surface area (Å²) in [5.74, 6) is 0.669. The Labute approximate surface area is 106 Å². The molecule has 0 spiro atoms. The first-order chi connectivity index (χ1) is 8.49. The SMILES string of the molecule is Cc1cc(C(=O)N2CCC(C(N)=O)CC2)oc1C. The van der Waals surface area contributed by atoms with Crippen LogP contribution in [0.15, 0.2) is 10.5 Å². The third kappa shape index (κ3) is 2.39. The average molecular weight is 250 g/mol. The van der Waals surface area contributed by atoms with Crippen molar-refractivity contribution in [2.24, 2.45) is 11.7 Å². The van der Waals surface area contributed by atoms with E-state index in [1.54, 1.807) is 11.0 Å². The summed E-state index contributed by atoms with van der Waals surface area (Å²) < 4.78 is 5.42. The van der Waals surface area contributed by atoms with E-state index in [0.29, 0.717) is 31.7 Å². The fourth-order valence-corrected chi connectivity index (χ4v) is 2.20. The maximum absolute atomic E-state index is 12.2. The lowest BCUT2D eigenvalue weighted by Crippen LogP contribution is -2.41. The Kier molecular flexibility index (Phi) is 3.41. The molecule has 0 aromatic carbocycles. The van der Waals surface area contributed by atoms with Gasteiger partial charge in [0.15, 0.2) is 5.76 Å². The summed E-state index contributed by atoms with van der Waals surface area (Å²) in [5.41, 5.74) is 6.24. The van der Waals surface area contributed by atoms with Crippen molar-refractivity contribution in [3.63, 3.8) is 0 Å². The van der Waals surface area contributed by atoms with Crippen LogP contribution in [-0.2, 0) is 4.79 Å². The third-order valence-corrected chi connectivity index (χ3v) is 3.56. The highest BCUT2D eigenvalue weighted by Gasteiger charge is 2.27. The predicted octanol–water partition coefficient (Wildman–Crippen LogP) is 1.23. The Morgan fingerprint density at radius 2 is 1.94 bits per heavy atom. The van der Waals surface area contributed by atoms with Crippen molar-refractivity contribution in [2.45, 2.75) is 26.7 Å². The molecule has 0 saturated carbocycles. The molecule has 98 valence electrons. The largest absolute Gasteiger partial charge is 0.456 e. The van der Waals surface area contributed by atoms with E-state index in [2.05, 4.69) is 0 Å². The number of hydrogen-bond donors (Lipinski definition) is 1. The van der Waals surface area contributed by atoms with Gasteiger partial charge in [-0.1, -0.05) is 0 Å². The number of nitrogens with two attached hydrogens (primary N) is 1. The molecule has 0 aliphatic carbocycles. The number of primary amides is 1. The van der Waals surface area contributed by atoms with Gasteiger partial charge in [-0.3, -0.25) is 9.59 Å². The lowest BCUT2D eigenvalue weighted by Gasteiger charge is -2.29. The molecule has 2 rings (SSSR count). The molecule has 1 fully saturated rings. The Hall–Kier alpha value is -1.78. The maximum atomic E-state index is 12.2. The molecule has 1 aliphatic rings. The fourth-order valence-electron chi connectivity index (χ4n) is 2.20. The minimum Gasteiger partial charge on any atom is -0.456 e. The van der Waals surface area contributed by atoms with Crippen LogP contribution in [0.25, 0.3) is 0 Å². The Morgan fingerprint density at radius 3 is 2.39 bits per heavy atom. The number of aryl methyl sites for hydroxylation is 2. The molecule has 2 amide bonds. The van der Waals surface area contributed by atoms with Gasteiger partial charge in [0, 0.05) is 19.0 Å². The van der Waals surface area contributed by atoms with Crippen LogP contribution in [0.3, 0.4) is 0 Å². The summed E-state index contributed by atoms with van der Waals surface area (Å²) in [6.07, 6.45) is 1.28. The van der Waals surface area contributed by atoms with E-state index in [4.69, 9.17) is 10.2 Å². The van der Waals surface area contributed by atoms with Gasteiger partial charge >= 0.3 is 0 Å². The zero-order chi connectivity index (χ0) is 13.3. The van der Waals surface area contributed by atoms with Gasteiger partial charge in [-0.05, 0) is 38.3 Å². The molecule has 18 heavy (non-hydrogen) atoms. The van der Waals surface area contributed by atoms with E-state index in [9.17, 15) is 9.59 Å². The second kappa shape index (κ2) is 4.84.